The monoisotopic (exact) mass is 419 g/mol. The van der Waals surface area contributed by atoms with Crippen molar-refractivity contribution in [3.05, 3.63) is 76.0 Å². The fourth-order valence-electron chi connectivity index (χ4n) is 3.22. The zero-order valence-corrected chi connectivity index (χ0v) is 16.9. The molecule has 2 N–H and O–H groups in total. The largest absolute Gasteiger partial charge is 0.512 e. The molecule has 0 bridgehead atoms. The van der Waals surface area contributed by atoms with Gasteiger partial charge in [-0.25, -0.2) is 13.1 Å². The Morgan fingerprint density at radius 2 is 1.64 bits per heavy atom. The Morgan fingerprint density at radius 1 is 0.964 bits per heavy atom. The maximum atomic E-state index is 12.3. The van der Waals surface area contributed by atoms with Gasteiger partial charge in [0.2, 0.25) is 10.0 Å². The fourth-order valence-corrected chi connectivity index (χ4v) is 4.37. The normalized spacial score (nSPS) is 14.7. The summed E-state index contributed by atoms with van der Waals surface area (Å²) >= 11 is 5.79. The Morgan fingerprint density at radius 3 is 2.29 bits per heavy atom. The van der Waals surface area contributed by atoms with E-state index in [1.807, 2.05) is 24.3 Å². The van der Waals surface area contributed by atoms with Crippen LogP contribution in [0.4, 0.5) is 0 Å². The van der Waals surface area contributed by atoms with Crippen molar-refractivity contribution in [1.82, 2.24) is 4.72 Å². The molecule has 0 aliphatic heterocycles. The molecule has 0 fully saturated rings. The molecular formula is C21H22ClNO4S. The van der Waals surface area contributed by atoms with E-state index in [4.69, 9.17) is 11.6 Å². The molecule has 2 aromatic carbocycles. The summed E-state index contributed by atoms with van der Waals surface area (Å²) in [5, 5.41) is 10.3. The fraction of sp³-hybridized carbons (Fsp3) is 0.286. The second kappa shape index (κ2) is 8.90. The highest BCUT2D eigenvalue weighted by atomic mass is 35.5. The highest BCUT2D eigenvalue weighted by Crippen LogP contribution is 2.24. The van der Waals surface area contributed by atoms with Gasteiger partial charge in [-0.2, -0.15) is 0 Å². The van der Waals surface area contributed by atoms with Crippen LogP contribution < -0.4 is 4.72 Å². The number of benzene rings is 2. The third-order valence-electron chi connectivity index (χ3n) is 4.76. The second-order valence-electron chi connectivity index (χ2n) is 6.77. The smallest absolute Gasteiger partial charge is 0.240 e. The summed E-state index contributed by atoms with van der Waals surface area (Å²) in [6, 6.07) is 13.9. The lowest BCUT2D eigenvalue weighted by molar-refractivity contribution is -0.115. The molecule has 148 valence electrons. The number of aliphatic hydroxyl groups is 1. The van der Waals surface area contributed by atoms with E-state index in [0.717, 1.165) is 11.1 Å². The number of hydrogen-bond acceptors (Lipinski definition) is 4. The van der Waals surface area contributed by atoms with Crippen LogP contribution in [0, 0.1) is 0 Å². The molecular weight excluding hydrogens is 398 g/mol. The quantitative estimate of drug-likeness (QED) is 0.678. The standard InChI is InChI=1S/C21H22ClNO4S/c22-17-5-7-18(8-6-17)28(26,27)23-13-12-16-3-1-2-15(14-16)4-9-19-20(24)10-11-21(19)25/h1-3,5-8,14,23-24H,4,9-13H2. The van der Waals surface area contributed by atoms with Gasteiger partial charge >= 0.3 is 0 Å². The predicted molar refractivity (Wildman–Crippen MR) is 109 cm³/mol. The van der Waals surface area contributed by atoms with Gasteiger partial charge in [0.15, 0.2) is 5.78 Å². The van der Waals surface area contributed by atoms with Gasteiger partial charge in [-0.05, 0) is 54.7 Å². The number of rotatable bonds is 8. The van der Waals surface area contributed by atoms with Gasteiger partial charge in [0.1, 0.15) is 0 Å². The Kier molecular flexibility index (Phi) is 6.54. The first-order valence-corrected chi connectivity index (χ1v) is 11.0. The number of nitrogens with one attached hydrogen (secondary N) is 1. The highest BCUT2D eigenvalue weighted by Gasteiger charge is 2.22. The summed E-state index contributed by atoms with van der Waals surface area (Å²) in [6.45, 7) is 0.277. The lowest BCUT2D eigenvalue weighted by atomic mass is 10.0. The van der Waals surface area contributed by atoms with Crippen molar-refractivity contribution in [3.8, 4) is 0 Å². The number of aryl methyl sites for hydroxylation is 1. The molecule has 0 atom stereocenters. The van der Waals surface area contributed by atoms with Crippen LogP contribution in [0.15, 0.2) is 64.8 Å². The van der Waals surface area contributed by atoms with E-state index in [-0.39, 0.29) is 23.0 Å². The van der Waals surface area contributed by atoms with E-state index in [1.54, 1.807) is 12.1 Å². The number of ketones is 1. The van der Waals surface area contributed by atoms with Crippen LogP contribution in [0.5, 0.6) is 0 Å². The average molecular weight is 420 g/mol. The second-order valence-corrected chi connectivity index (χ2v) is 8.97. The van der Waals surface area contributed by atoms with E-state index >= 15 is 0 Å². The zero-order valence-electron chi connectivity index (χ0n) is 15.3. The van der Waals surface area contributed by atoms with Crippen molar-refractivity contribution in [2.24, 2.45) is 0 Å². The molecule has 28 heavy (non-hydrogen) atoms. The Labute approximate surface area is 170 Å². The SMILES string of the molecule is O=C1CCC(O)=C1CCc1cccc(CCNS(=O)(=O)c2ccc(Cl)cc2)c1. The minimum Gasteiger partial charge on any atom is -0.512 e. The number of allylic oxidation sites excluding steroid dienone is 2. The molecule has 2 aromatic rings. The number of hydrogen-bond donors (Lipinski definition) is 2. The summed E-state index contributed by atoms with van der Waals surface area (Å²) in [5.41, 5.74) is 2.60. The van der Waals surface area contributed by atoms with Crippen molar-refractivity contribution in [3.63, 3.8) is 0 Å². The lowest BCUT2D eigenvalue weighted by Crippen LogP contribution is -2.26. The topological polar surface area (TPSA) is 83.5 Å². The number of carbonyl (C=O) groups excluding carboxylic acids is 1. The van der Waals surface area contributed by atoms with E-state index in [2.05, 4.69) is 4.72 Å². The van der Waals surface area contributed by atoms with Crippen LogP contribution in [-0.2, 0) is 27.7 Å². The lowest BCUT2D eigenvalue weighted by Gasteiger charge is -2.09. The third kappa shape index (κ3) is 5.22. The first-order chi connectivity index (χ1) is 13.3. The minimum absolute atomic E-state index is 0.0326. The highest BCUT2D eigenvalue weighted by molar-refractivity contribution is 7.89. The molecule has 0 spiro atoms. The molecule has 0 radical (unpaired) electrons. The molecule has 0 unspecified atom stereocenters. The van der Waals surface area contributed by atoms with Crippen LogP contribution in [-0.4, -0.2) is 25.9 Å². The molecule has 1 aliphatic rings. The van der Waals surface area contributed by atoms with Gasteiger partial charge in [-0.15, -0.1) is 0 Å². The Balaban J connectivity index is 1.55. The molecule has 0 saturated carbocycles. The molecule has 0 saturated heterocycles. The van der Waals surface area contributed by atoms with Crippen LogP contribution in [0.25, 0.3) is 0 Å². The van der Waals surface area contributed by atoms with Gasteiger partial charge in [0.05, 0.1) is 10.7 Å². The van der Waals surface area contributed by atoms with Crippen molar-refractivity contribution in [2.45, 2.75) is 37.0 Å². The van der Waals surface area contributed by atoms with Crippen molar-refractivity contribution < 1.29 is 18.3 Å². The Bertz CT molecular complexity index is 997. The zero-order chi connectivity index (χ0) is 20.1. The average Bonchev–Trinajstić information content (AvgIpc) is 2.98. The number of halogens is 1. The van der Waals surface area contributed by atoms with Crippen molar-refractivity contribution >= 4 is 27.4 Å². The summed E-state index contributed by atoms with van der Waals surface area (Å²) in [5.74, 6) is 0.253. The van der Waals surface area contributed by atoms with Crippen LogP contribution in [0.3, 0.4) is 0 Å². The number of Topliss-reactive ketones (excluding diaryl/α,β-unsaturated/α-hetero) is 1. The van der Waals surface area contributed by atoms with Crippen molar-refractivity contribution in [1.29, 1.82) is 0 Å². The third-order valence-corrected chi connectivity index (χ3v) is 6.49. The number of sulfonamides is 1. The number of aliphatic hydroxyl groups excluding tert-OH is 1. The first kappa shape index (κ1) is 20.6. The van der Waals surface area contributed by atoms with Crippen LogP contribution in [0.2, 0.25) is 5.02 Å². The van der Waals surface area contributed by atoms with Crippen LogP contribution >= 0.6 is 11.6 Å². The maximum Gasteiger partial charge on any atom is 0.240 e. The van der Waals surface area contributed by atoms with Gasteiger partial charge in [-0.1, -0.05) is 35.9 Å². The summed E-state index contributed by atoms with van der Waals surface area (Å²) in [7, 11) is -3.57. The summed E-state index contributed by atoms with van der Waals surface area (Å²) in [6.07, 6.45) is 2.58. The molecule has 7 heteroatoms. The van der Waals surface area contributed by atoms with Gasteiger partial charge in [0, 0.05) is 30.0 Å². The molecule has 0 heterocycles. The maximum absolute atomic E-state index is 12.3. The van der Waals surface area contributed by atoms with E-state index < -0.39 is 10.0 Å². The van der Waals surface area contributed by atoms with Crippen molar-refractivity contribution in [2.75, 3.05) is 6.54 Å². The van der Waals surface area contributed by atoms with Crippen LogP contribution in [0.1, 0.15) is 30.4 Å². The van der Waals surface area contributed by atoms with E-state index in [0.29, 0.717) is 42.7 Å². The molecule has 1 aliphatic carbocycles. The first-order valence-electron chi connectivity index (χ1n) is 9.12. The van der Waals surface area contributed by atoms with Gasteiger partial charge < -0.3 is 5.11 Å². The Hall–Kier alpha value is -2.15. The summed E-state index contributed by atoms with van der Waals surface area (Å²) in [4.78, 5) is 11.9. The van der Waals surface area contributed by atoms with Gasteiger partial charge in [0.25, 0.3) is 0 Å². The number of carbonyl (C=O) groups is 1. The predicted octanol–water partition coefficient (Wildman–Crippen LogP) is 3.97. The van der Waals surface area contributed by atoms with E-state index in [9.17, 15) is 18.3 Å². The molecule has 0 aromatic heterocycles. The molecule has 3 rings (SSSR count). The summed E-state index contributed by atoms with van der Waals surface area (Å²) < 4.78 is 27.2. The van der Waals surface area contributed by atoms with E-state index in [1.165, 1.54) is 12.1 Å². The van der Waals surface area contributed by atoms with Gasteiger partial charge in [-0.3, -0.25) is 4.79 Å². The molecule has 0 amide bonds. The molecule has 5 nitrogen and oxygen atoms in total. The minimum atomic E-state index is -3.57.